The molecule has 6 nitrogen and oxygen atoms in total. The number of fused-ring (bicyclic) bond motifs is 2. The zero-order valence-corrected chi connectivity index (χ0v) is 19.9. The van der Waals surface area contributed by atoms with Crippen molar-refractivity contribution in [2.45, 2.75) is 30.1 Å². The summed E-state index contributed by atoms with van der Waals surface area (Å²) in [4.78, 5) is 13.8. The molecule has 0 spiro atoms. The van der Waals surface area contributed by atoms with Gasteiger partial charge in [0.15, 0.2) is 0 Å². The number of sulfonamides is 1. The van der Waals surface area contributed by atoms with Gasteiger partial charge < -0.3 is 9.84 Å². The molecule has 0 amide bonds. The van der Waals surface area contributed by atoms with Crippen molar-refractivity contribution >= 4 is 39.1 Å². The van der Waals surface area contributed by atoms with Crippen LogP contribution in [0.5, 0.6) is 5.75 Å². The lowest BCUT2D eigenvalue weighted by molar-refractivity contribution is -0.136. The summed E-state index contributed by atoms with van der Waals surface area (Å²) in [6.45, 7) is 2.79. The fourth-order valence-corrected chi connectivity index (χ4v) is 7.32. The molecule has 3 aromatic rings. The van der Waals surface area contributed by atoms with Crippen LogP contribution in [0, 0.1) is 6.92 Å². The van der Waals surface area contributed by atoms with Gasteiger partial charge >= 0.3 is 5.97 Å². The maximum absolute atomic E-state index is 12.5. The summed E-state index contributed by atoms with van der Waals surface area (Å²) in [5, 5.41) is 9.14. The van der Waals surface area contributed by atoms with E-state index in [9.17, 15) is 18.3 Å². The number of hydrogen-bond acceptors (Lipinski definition) is 6. The minimum Gasteiger partial charge on any atom is -0.489 e. The monoisotopic (exact) mass is 489 g/mol. The summed E-state index contributed by atoms with van der Waals surface area (Å²) in [5.74, 6) is 0.407. The molecule has 1 aliphatic heterocycles. The number of benzene rings is 2. The molecule has 9 heteroatoms. The van der Waals surface area contributed by atoms with Gasteiger partial charge in [-0.3, -0.25) is 4.79 Å². The van der Waals surface area contributed by atoms with Crippen molar-refractivity contribution in [1.29, 1.82) is 0 Å². The van der Waals surface area contributed by atoms with Gasteiger partial charge in [-0.05, 0) is 36.8 Å². The number of hydrogen-bond donors (Lipinski definition) is 2. The predicted octanol–water partition coefficient (Wildman–Crippen LogP) is 4.38. The molecule has 1 unspecified atom stereocenters. The molecule has 0 radical (unpaired) electrons. The molecule has 2 N–H and O–H groups in total. The Bertz CT molecular complexity index is 1220. The number of thiophene rings is 1. The highest BCUT2D eigenvalue weighted by atomic mass is 32.2. The van der Waals surface area contributed by atoms with Crippen LogP contribution in [-0.2, 0) is 27.8 Å². The van der Waals surface area contributed by atoms with Gasteiger partial charge in [-0.25, -0.2) is 13.1 Å². The van der Waals surface area contributed by atoms with E-state index in [4.69, 9.17) is 4.74 Å². The third-order valence-electron chi connectivity index (χ3n) is 5.03. The molecule has 0 fully saturated rings. The molecule has 168 valence electrons. The van der Waals surface area contributed by atoms with Gasteiger partial charge in [0.1, 0.15) is 12.4 Å². The van der Waals surface area contributed by atoms with Crippen LogP contribution >= 0.6 is 23.1 Å². The van der Waals surface area contributed by atoms with Gasteiger partial charge in [0.25, 0.3) is 0 Å². The highest BCUT2D eigenvalue weighted by molar-refractivity contribution is 7.99. The van der Waals surface area contributed by atoms with Gasteiger partial charge in [0.2, 0.25) is 10.0 Å². The fraction of sp³-hybridized carbons (Fsp3) is 0.261. The summed E-state index contributed by atoms with van der Waals surface area (Å²) in [6, 6.07) is 15.9. The Morgan fingerprint density at radius 1 is 1.22 bits per heavy atom. The van der Waals surface area contributed by atoms with E-state index >= 15 is 0 Å². The number of carboxylic acids is 1. The van der Waals surface area contributed by atoms with Crippen molar-refractivity contribution < 1.29 is 23.1 Å². The molecule has 0 aliphatic carbocycles. The van der Waals surface area contributed by atoms with Crippen molar-refractivity contribution in [2.75, 3.05) is 12.3 Å². The van der Waals surface area contributed by atoms with E-state index in [1.165, 1.54) is 9.75 Å². The Morgan fingerprint density at radius 2 is 2.00 bits per heavy atom. The zero-order valence-electron chi connectivity index (χ0n) is 17.4. The van der Waals surface area contributed by atoms with Crippen molar-refractivity contribution in [3.05, 3.63) is 81.0 Å². The van der Waals surface area contributed by atoms with Crippen LogP contribution < -0.4 is 9.46 Å². The molecule has 2 heterocycles. The molecule has 1 aliphatic rings. The summed E-state index contributed by atoms with van der Waals surface area (Å²) >= 11 is 3.33. The summed E-state index contributed by atoms with van der Waals surface area (Å²) in [7, 11) is -3.56. The second-order valence-corrected chi connectivity index (χ2v) is 11.7. The van der Waals surface area contributed by atoms with Crippen molar-refractivity contribution in [1.82, 2.24) is 4.72 Å². The van der Waals surface area contributed by atoms with E-state index in [2.05, 4.69) is 17.7 Å². The molecular formula is C23H23NO5S3. The van der Waals surface area contributed by atoms with Crippen molar-refractivity contribution in [2.24, 2.45) is 0 Å². The van der Waals surface area contributed by atoms with Crippen LogP contribution in [0.2, 0.25) is 0 Å². The topological polar surface area (TPSA) is 92.7 Å². The minimum absolute atomic E-state index is 0.0577. The van der Waals surface area contributed by atoms with Crippen molar-refractivity contribution in [3.8, 4) is 5.75 Å². The van der Waals surface area contributed by atoms with Gasteiger partial charge in [-0.15, -0.1) is 23.1 Å². The summed E-state index contributed by atoms with van der Waals surface area (Å²) in [6.07, 6.45) is -0.0577. The number of rotatable bonds is 8. The average Bonchev–Trinajstić information content (AvgIpc) is 3.07. The first-order valence-corrected chi connectivity index (χ1v) is 13.4. The van der Waals surface area contributed by atoms with Crippen LogP contribution in [-0.4, -0.2) is 31.8 Å². The SMILES string of the molecule is Cc1cc2c(s1)C(SCCNS(=O)(=O)c1ccccc1)c1cc(CC(=O)O)ccc1OC2. The first-order chi connectivity index (χ1) is 15.3. The van der Waals surface area contributed by atoms with Crippen LogP contribution in [0.3, 0.4) is 0 Å². The predicted molar refractivity (Wildman–Crippen MR) is 127 cm³/mol. The highest BCUT2D eigenvalue weighted by Crippen LogP contribution is 2.47. The lowest BCUT2D eigenvalue weighted by Crippen LogP contribution is -2.26. The second-order valence-electron chi connectivity index (χ2n) is 7.44. The van der Waals surface area contributed by atoms with E-state index < -0.39 is 16.0 Å². The molecule has 0 saturated heterocycles. The Balaban J connectivity index is 1.55. The Morgan fingerprint density at radius 3 is 2.75 bits per heavy atom. The zero-order chi connectivity index (χ0) is 22.7. The maximum Gasteiger partial charge on any atom is 0.307 e. The number of carbonyl (C=O) groups is 1. The first kappa shape index (κ1) is 22.8. The summed E-state index contributed by atoms with van der Waals surface area (Å²) in [5.41, 5.74) is 2.76. The molecule has 1 atom stereocenters. The van der Waals surface area contributed by atoms with E-state index in [-0.39, 0.29) is 23.1 Å². The average molecular weight is 490 g/mol. The van der Waals surface area contributed by atoms with E-state index in [0.717, 1.165) is 16.9 Å². The molecule has 1 aromatic heterocycles. The number of aliphatic carboxylic acids is 1. The molecular weight excluding hydrogens is 466 g/mol. The normalized spacial score (nSPS) is 15.3. The molecule has 2 aromatic carbocycles. The third-order valence-corrected chi connectivity index (χ3v) is 9.08. The van der Waals surface area contributed by atoms with Crippen LogP contribution in [0.4, 0.5) is 0 Å². The van der Waals surface area contributed by atoms with Gasteiger partial charge in [0, 0.05) is 33.2 Å². The Labute approximate surface area is 195 Å². The summed E-state index contributed by atoms with van der Waals surface area (Å²) < 4.78 is 33.7. The lowest BCUT2D eigenvalue weighted by atomic mass is 10.0. The maximum atomic E-state index is 12.5. The second kappa shape index (κ2) is 9.66. The van der Waals surface area contributed by atoms with Crippen LogP contribution in [0.15, 0.2) is 59.5 Å². The van der Waals surface area contributed by atoms with E-state index in [0.29, 0.717) is 17.9 Å². The number of ether oxygens (including phenoxy) is 1. The van der Waals surface area contributed by atoms with Crippen LogP contribution in [0.25, 0.3) is 0 Å². The van der Waals surface area contributed by atoms with Gasteiger partial charge in [-0.1, -0.05) is 30.3 Å². The standard InChI is InChI=1S/C23H23NO5S3/c1-15-11-17-14-29-20-8-7-16(13-21(25)26)12-19(20)23(22(17)31-15)30-10-9-24-32(27,28)18-5-3-2-4-6-18/h2-8,11-12,23-24H,9-10,13-14H2,1H3,(H,25,26). The lowest BCUT2D eigenvalue weighted by Gasteiger charge is -2.18. The number of carboxylic acid groups (broad SMARTS) is 1. The number of thioether (sulfide) groups is 1. The molecule has 32 heavy (non-hydrogen) atoms. The molecule has 0 saturated carbocycles. The smallest absolute Gasteiger partial charge is 0.307 e. The quantitative estimate of drug-likeness (QED) is 0.456. The highest BCUT2D eigenvalue weighted by Gasteiger charge is 2.28. The first-order valence-electron chi connectivity index (χ1n) is 10.1. The minimum atomic E-state index is -3.56. The molecule has 0 bridgehead atoms. The van der Waals surface area contributed by atoms with Gasteiger partial charge in [0.05, 0.1) is 16.6 Å². The van der Waals surface area contributed by atoms with E-state index in [1.807, 2.05) is 12.1 Å². The van der Waals surface area contributed by atoms with E-state index in [1.54, 1.807) is 59.5 Å². The third kappa shape index (κ3) is 5.17. The Hall–Kier alpha value is -2.33. The largest absolute Gasteiger partial charge is 0.489 e. The van der Waals surface area contributed by atoms with Gasteiger partial charge in [-0.2, -0.15) is 0 Å². The number of nitrogens with one attached hydrogen (secondary N) is 1. The number of aryl methyl sites for hydroxylation is 1. The molecule has 4 rings (SSSR count). The van der Waals surface area contributed by atoms with Crippen LogP contribution in [0.1, 0.15) is 31.7 Å². The Kier molecular flexibility index (Phi) is 6.90. The fourth-order valence-electron chi connectivity index (χ4n) is 3.64. The van der Waals surface area contributed by atoms with Crippen molar-refractivity contribution in [3.63, 3.8) is 0 Å².